The fraction of sp³-hybridized carbons (Fsp3) is 0.115. The van der Waals surface area contributed by atoms with Crippen molar-refractivity contribution in [1.29, 1.82) is 0 Å². The molecule has 1 N–H and O–H groups in total. The van der Waals surface area contributed by atoms with Gasteiger partial charge in [-0.25, -0.2) is 4.98 Å². The van der Waals surface area contributed by atoms with Crippen LogP contribution in [0.1, 0.15) is 16.7 Å². The van der Waals surface area contributed by atoms with Crippen molar-refractivity contribution in [2.45, 2.75) is 13.3 Å². The Morgan fingerprint density at radius 1 is 1.03 bits per heavy atom. The van der Waals surface area contributed by atoms with Crippen LogP contribution in [0, 0.1) is 6.92 Å². The summed E-state index contributed by atoms with van der Waals surface area (Å²) in [6.45, 7) is 2.15. The fourth-order valence-corrected chi connectivity index (χ4v) is 4.11. The van der Waals surface area contributed by atoms with Crippen molar-refractivity contribution in [3.8, 4) is 40.3 Å². The minimum Gasteiger partial charge on any atom is -0.454 e. The van der Waals surface area contributed by atoms with Crippen LogP contribution in [0.25, 0.3) is 17.1 Å². The summed E-state index contributed by atoms with van der Waals surface area (Å²) in [5, 5.41) is 0.340. The third kappa shape index (κ3) is 4.31. The number of aromatic nitrogens is 5. The molecule has 3 aromatic heterocycles. The van der Waals surface area contributed by atoms with Gasteiger partial charge in [0.25, 0.3) is 0 Å². The van der Waals surface area contributed by atoms with E-state index in [1.807, 2.05) is 66.3 Å². The number of nitrogens with zero attached hydrogens (tertiary/aromatic N) is 4. The quantitative estimate of drug-likeness (QED) is 0.309. The highest BCUT2D eigenvalue weighted by atomic mass is 35.5. The molecule has 0 saturated carbocycles. The molecule has 0 bridgehead atoms. The van der Waals surface area contributed by atoms with Gasteiger partial charge in [-0.3, -0.25) is 0 Å². The molecule has 0 spiro atoms. The Morgan fingerprint density at radius 2 is 1.89 bits per heavy atom. The van der Waals surface area contributed by atoms with E-state index in [0.717, 1.165) is 46.0 Å². The minimum absolute atomic E-state index is 0.179. The lowest BCUT2D eigenvalue weighted by Gasteiger charge is -2.10. The number of halogens is 1. The van der Waals surface area contributed by atoms with Gasteiger partial charge in [0.1, 0.15) is 10.9 Å². The number of benzene rings is 2. The summed E-state index contributed by atoms with van der Waals surface area (Å²) in [6.07, 6.45) is 8.04. The van der Waals surface area contributed by atoms with Gasteiger partial charge < -0.3 is 23.8 Å². The first-order chi connectivity index (χ1) is 17.1. The summed E-state index contributed by atoms with van der Waals surface area (Å²) >= 11 is 6.44. The lowest BCUT2D eigenvalue weighted by molar-refractivity contribution is 0.174. The van der Waals surface area contributed by atoms with Gasteiger partial charge in [-0.2, -0.15) is 9.97 Å². The molecule has 2 aromatic carbocycles. The lowest BCUT2D eigenvalue weighted by Crippen LogP contribution is -1.98. The van der Waals surface area contributed by atoms with Crippen LogP contribution in [0.4, 0.5) is 0 Å². The van der Waals surface area contributed by atoms with Gasteiger partial charge >= 0.3 is 6.01 Å². The van der Waals surface area contributed by atoms with E-state index in [1.54, 1.807) is 12.5 Å². The number of aromatic amines is 1. The van der Waals surface area contributed by atoms with Gasteiger partial charge in [0, 0.05) is 29.8 Å². The first-order valence-electron chi connectivity index (χ1n) is 11.0. The topological polar surface area (TPSA) is 87.1 Å². The van der Waals surface area contributed by atoms with Gasteiger partial charge in [-0.15, -0.1) is 0 Å². The summed E-state index contributed by atoms with van der Waals surface area (Å²) in [5.41, 5.74) is 5.49. The van der Waals surface area contributed by atoms with E-state index in [9.17, 15) is 0 Å². The highest BCUT2D eigenvalue weighted by Crippen LogP contribution is 2.34. The van der Waals surface area contributed by atoms with Crippen molar-refractivity contribution >= 4 is 11.6 Å². The Bertz CT molecular complexity index is 1500. The summed E-state index contributed by atoms with van der Waals surface area (Å²) in [5.74, 6) is 2.16. The number of ether oxygens (including phenoxy) is 3. The molecule has 0 radical (unpaired) electrons. The smallest absolute Gasteiger partial charge is 0.324 e. The standard InChI is InChI=1S/C26H20ClN5O3/c1-16-24(21-11-18(13-29-21)10-17-2-7-22-23(12-17)34-15-33-22)30-26(31-25(16)27)35-20-5-3-19(4-6-20)32-9-8-28-14-32/h2-9,11-14,29H,10,15H2,1H3. The van der Waals surface area contributed by atoms with E-state index in [0.29, 0.717) is 16.6 Å². The van der Waals surface area contributed by atoms with Crippen LogP contribution >= 0.6 is 11.6 Å². The summed E-state index contributed by atoms with van der Waals surface area (Å²) < 4.78 is 18.7. The molecule has 1 aliphatic rings. The van der Waals surface area contributed by atoms with Crippen LogP contribution < -0.4 is 14.2 Å². The van der Waals surface area contributed by atoms with E-state index in [1.165, 1.54) is 0 Å². The van der Waals surface area contributed by atoms with Crippen molar-refractivity contribution in [3.05, 3.63) is 95.3 Å². The Hall–Kier alpha value is -4.30. The predicted molar refractivity (Wildman–Crippen MR) is 131 cm³/mol. The molecule has 35 heavy (non-hydrogen) atoms. The van der Waals surface area contributed by atoms with Crippen molar-refractivity contribution in [2.75, 3.05) is 6.79 Å². The average molecular weight is 486 g/mol. The highest BCUT2D eigenvalue weighted by Gasteiger charge is 2.16. The number of hydrogen-bond donors (Lipinski definition) is 1. The van der Waals surface area contributed by atoms with Gasteiger partial charge in [0.05, 0.1) is 17.7 Å². The molecule has 0 aliphatic carbocycles. The van der Waals surface area contributed by atoms with Gasteiger partial charge in [-0.1, -0.05) is 17.7 Å². The lowest BCUT2D eigenvalue weighted by atomic mass is 10.1. The molecule has 0 unspecified atom stereocenters. The molecule has 6 rings (SSSR count). The van der Waals surface area contributed by atoms with E-state index in [2.05, 4.69) is 26.0 Å². The van der Waals surface area contributed by atoms with E-state index in [4.69, 9.17) is 25.8 Å². The first kappa shape index (κ1) is 21.2. The van der Waals surface area contributed by atoms with Crippen LogP contribution in [0.15, 0.2) is 73.4 Å². The predicted octanol–water partition coefficient (Wildman–Crippen LogP) is 5.73. The minimum atomic E-state index is 0.179. The van der Waals surface area contributed by atoms with Gasteiger partial charge in [0.2, 0.25) is 6.79 Å². The number of fused-ring (bicyclic) bond motifs is 1. The normalized spacial score (nSPS) is 12.2. The van der Waals surface area contributed by atoms with Crippen molar-refractivity contribution in [3.63, 3.8) is 0 Å². The maximum atomic E-state index is 6.44. The van der Waals surface area contributed by atoms with Crippen molar-refractivity contribution in [2.24, 2.45) is 0 Å². The molecular formula is C26H20ClN5O3. The molecule has 0 atom stereocenters. The van der Waals surface area contributed by atoms with Gasteiger partial charge in [0.15, 0.2) is 11.5 Å². The molecule has 0 saturated heterocycles. The summed E-state index contributed by atoms with van der Waals surface area (Å²) in [4.78, 5) is 16.3. The third-order valence-corrected chi connectivity index (χ3v) is 6.13. The molecule has 8 nitrogen and oxygen atoms in total. The van der Waals surface area contributed by atoms with E-state index < -0.39 is 0 Å². The molecule has 5 aromatic rings. The molecule has 174 valence electrons. The second kappa shape index (κ2) is 8.81. The second-order valence-electron chi connectivity index (χ2n) is 8.12. The number of rotatable bonds is 6. The maximum absolute atomic E-state index is 6.44. The number of nitrogens with one attached hydrogen (secondary N) is 1. The van der Waals surface area contributed by atoms with Crippen LogP contribution in [0.2, 0.25) is 5.15 Å². The van der Waals surface area contributed by atoms with E-state index >= 15 is 0 Å². The number of hydrogen-bond acceptors (Lipinski definition) is 6. The first-order valence-corrected chi connectivity index (χ1v) is 11.4. The number of imidazole rings is 1. The molecule has 1 aliphatic heterocycles. The van der Waals surface area contributed by atoms with Crippen LogP contribution in [0.3, 0.4) is 0 Å². The zero-order valence-corrected chi connectivity index (χ0v) is 19.5. The Balaban J connectivity index is 1.23. The number of H-pyrrole nitrogens is 1. The average Bonchev–Trinajstić information content (AvgIpc) is 3.64. The summed E-state index contributed by atoms with van der Waals surface area (Å²) in [7, 11) is 0. The van der Waals surface area contributed by atoms with Crippen molar-refractivity contribution in [1.82, 2.24) is 24.5 Å². The Morgan fingerprint density at radius 3 is 2.71 bits per heavy atom. The summed E-state index contributed by atoms with van der Waals surface area (Å²) in [6, 6.07) is 15.8. The zero-order chi connectivity index (χ0) is 23.8. The molecule has 0 fully saturated rings. The van der Waals surface area contributed by atoms with Crippen LogP contribution in [-0.2, 0) is 6.42 Å². The monoisotopic (exact) mass is 485 g/mol. The molecule has 0 amide bonds. The largest absolute Gasteiger partial charge is 0.454 e. The van der Waals surface area contributed by atoms with Crippen LogP contribution in [0.5, 0.6) is 23.3 Å². The maximum Gasteiger partial charge on any atom is 0.324 e. The zero-order valence-electron chi connectivity index (χ0n) is 18.7. The van der Waals surface area contributed by atoms with Crippen LogP contribution in [-0.4, -0.2) is 31.3 Å². The van der Waals surface area contributed by atoms with E-state index in [-0.39, 0.29) is 12.8 Å². The molecule has 9 heteroatoms. The fourth-order valence-electron chi connectivity index (χ4n) is 3.95. The highest BCUT2D eigenvalue weighted by molar-refractivity contribution is 6.30. The second-order valence-corrected chi connectivity index (χ2v) is 8.48. The molecular weight excluding hydrogens is 466 g/mol. The molecule has 4 heterocycles. The third-order valence-electron chi connectivity index (χ3n) is 5.76. The Kier molecular flexibility index (Phi) is 5.35. The SMILES string of the molecule is Cc1c(Cl)nc(Oc2ccc(-n3ccnc3)cc2)nc1-c1cc(Cc2ccc3c(c2)OCO3)c[nH]1. The van der Waals surface area contributed by atoms with Gasteiger partial charge in [-0.05, 0) is 66.9 Å². The van der Waals surface area contributed by atoms with Crippen molar-refractivity contribution < 1.29 is 14.2 Å². The Labute approximate surface area is 206 Å².